The minimum absolute atomic E-state index is 0.285. The van der Waals surface area contributed by atoms with Gasteiger partial charge in [-0.15, -0.1) is 0 Å². The lowest BCUT2D eigenvalue weighted by Gasteiger charge is -2.12. The highest BCUT2D eigenvalue weighted by Crippen LogP contribution is 2.18. The summed E-state index contributed by atoms with van der Waals surface area (Å²) in [5.41, 5.74) is 1.34. The summed E-state index contributed by atoms with van der Waals surface area (Å²) in [5, 5.41) is 14.9. The minimum Gasteiger partial charge on any atom is -0.357 e. The molecule has 0 amide bonds. The van der Waals surface area contributed by atoms with E-state index in [1.54, 1.807) is 11.3 Å². The predicted octanol–water partition coefficient (Wildman–Crippen LogP) is 3.16. The Kier molecular flexibility index (Phi) is 7.24. The summed E-state index contributed by atoms with van der Waals surface area (Å²) in [5.74, 6) is 2.94. The summed E-state index contributed by atoms with van der Waals surface area (Å²) >= 11 is 1.72. The van der Waals surface area contributed by atoms with Gasteiger partial charge in [0.15, 0.2) is 11.8 Å². The number of nitrogens with zero attached hydrogens (tertiary/aromatic N) is 3. The zero-order valence-electron chi connectivity index (χ0n) is 14.9. The molecule has 0 aromatic carbocycles. The maximum absolute atomic E-state index is 5.25. The van der Waals surface area contributed by atoms with Crippen molar-refractivity contribution in [2.75, 3.05) is 19.6 Å². The zero-order valence-corrected chi connectivity index (χ0v) is 15.7. The molecule has 24 heavy (non-hydrogen) atoms. The van der Waals surface area contributed by atoms with Crippen LogP contribution in [0.25, 0.3) is 0 Å². The Morgan fingerprint density at radius 2 is 2.17 bits per heavy atom. The van der Waals surface area contributed by atoms with Crippen LogP contribution in [0.1, 0.15) is 56.8 Å². The van der Waals surface area contributed by atoms with Crippen molar-refractivity contribution in [1.82, 2.24) is 20.8 Å². The van der Waals surface area contributed by atoms with Crippen molar-refractivity contribution in [2.45, 2.75) is 46.0 Å². The lowest BCUT2D eigenvalue weighted by atomic mass is 10.1. The van der Waals surface area contributed by atoms with Crippen molar-refractivity contribution in [3.63, 3.8) is 0 Å². The van der Waals surface area contributed by atoms with Crippen LogP contribution in [0.2, 0.25) is 0 Å². The van der Waals surface area contributed by atoms with Gasteiger partial charge in [-0.1, -0.05) is 25.9 Å². The lowest BCUT2D eigenvalue weighted by molar-refractivity contribution is 0.371. The molecule has 0 bridgehead atoms. The van der Waals surface area contributed by atoms with Gasteiger partial charge in [0.1, 0.15) is 0 Å². The molecule has 0 spiro atoms. The largest absolute Gasteiger partial charge is 0.357 e. The van der Waals surface area contributed by atoms with Gasteiger partial charge in [-0.2, -0.15) is 16.3 Å². The van der Waals surface area contributed by atoms with Crippen LogP contribution >= 0.6 is 11.3 Å². The quantitative estimate of drug-likeness (QED) is 0.565. The third kappa shape index (κ3) is 5.63. The van der Waals surface area contributed by atoms with Gasteiger partial charge in [0.25, 0.3) is 0 Å². The summed E-state index contributed by atoms with van der Waals surface area (Å²) in [6.07, 6.45) is 0.685. The fraction of sp³-hybridized carbons (Fsp3) is 0.588. The van der Waals surface area contributed by atoms with Crippen molar-refractivity contribution in [3.05, 3.63) is 34.1 Å². The molecule has 1 unspecified atom stereocenters. The second-order valence-corrected chi connectivity index (χ2v) is 6.84. The predicted molar refractivity (Wildman–Crippen MR) is 98.8 cm³/mol. The first-order chi connectivity index (χ1) is 11.6. The number of guanidine groups is 1. The average Bonchev–Trinajstić information content (AvgIpc) is 3.23. The van der Waals surface area contributed by atoms with Crippen molar-refractivity contribution in [1.29, 1.82) is 0 Å². The van der Waals surface area contributed by atoms with E-state index in [9.17, 15) is 0 Å². The van der Waals surface area contributed by atoms with E-state index in [1.165, 1.54) is 5.56 Å². The molecule has 2 rings (SSSR count). The molecule has 1 atom stereocenters. The monoisotopic (exact) mass is 349 g/mol. The van der Waals surface area contributed by atoms with E-state index >= 15 is 0 Å². The average molecular weight is 350 g/mol. The Balaban J connectivity index is 1.82. The van der Waals surface area contributed by atoms with Gasteiger partial charge in [0, 0.05) is 37.9 Å². The van der Waals surface area contributed by atoms with E-state index in [0.29, 0.717) is 24.8 Å². The first-order valence-electron chi connectivity index (χ1n) is 8.46. The Labute approximate surface area is 147 Å². The third-order valence-corrected chi connectivity index (χ3v) is 4.31. The van der Waals surface area contributed by atoms with Crippen LogP contribution in [-0.4, -0.2) is 35.7 Å². The van der Waals surface area contributed by atoms with E-state index in [1.807, 2.05) is 0 Å². The Bertz CT molecular complexity index is 621. The fourth-order valence-electron chi connectivity index (χ4n) is 2.12. The highest BCUT2D eigenvalue weighted by Gasteiger charge is 2.10. The van der Waals surface area contributed by atoms with E-state index < -0.39 is 0 Å². The number of nitrogens with one attached hydrogen (secondary N) is 2. The fourth-order valence-corrected chi connectivity index (χ4v) is 2.90. The SMILES string of the molecule is CCNC(=NCC(C)c1ccsc1)NCCc1nc(C(C)C)no1. The van der Waals surface area contributed by atoms with Crippen LogP contribution in [0.3, 0.4) is 0 Å². The summed E-state index contributed by atoms with van der Waals surface area (Å²) in [6, 6.07) is 2.16. The lowest BCUT2D eigenvalue weighted by Crippen LogP contribution is -2.38. The van der Waals surface area contributed by atoms with Crippen molar-refractivity contribution in [3.8, 4) is 0 Å². The molecule has 2 aromatic heterocycles. The topological polar surface area (TPSA) is 75.3 Å². The molecular formula is C17H27N5OS. The van der Waals surface area contributed by atoms with Gasteiger partial charge in [-0.3, -0.25) is 4.99 Å². The van der Waals surface area contributed by atoms with Crippen LogP contribution in [0, 0.1) is 0 Å². The molecule has 0 aliphatic carbocycles. The molecule has 2 heterocycles. The van der Waals surface area contributed by atoms with Crippen LogP contribution < -0.4 is 10.6 Å². The van der Waals surface area contributed by atoms with E-state index in [4.69, 9.17) is 4.52 Å². The van der Waals surface area contributed by atoms with Gasteiger partial charge in [0.05, 0.1) is 0 Å². The summed E-state index contributed by atoms with van der Waals surface area (Å²) in [4.78, 5) is 9.05. The molecule has 6 nitrogen and oxygen atoms in total. The van der Waals surface area contributed by atoms with Crippen LogP contribution in [0.5, 0.6) is 0 Å². The van der Waals surface area contributed by atoms with Crippen molar-refractivity contribution < 1.29 is 4.52 Å². The number of aliphatic imine (C=N–C) groups is 1. The van der Waals surface area contributed by atoms with Gasteiger partial charge >= 0.3 is 0 Å². The molecule has 0 radical (unpaired) electrons. The molecular weight excluding hydrogens is 322 g/mol. The van der Waals surface area contributed by atoms with Gasteiger partial charge < -0.3 is 15.2 Å². The third-order valence-electron chi connectivity index (χ3n) is 3.61. The molecule has 0 saturated carbocycles. The Morgan fingerprint density at radius 1 is 1.33 bits per heavy atom. The molecule has 0 saturated heterocycles. The summed E-state index contributed by atoms with van der Waals surface area (Å²) < 4.78 is 5.25. The highest BCUT2D eigenvalue weighted by molar-refractivity contribution is 7.07. The second-order valence-electron chi connectivity index (χ2n) is 6.06. The molecule has 2 aromatic rings. The number of hydrogen-bond donors (Lipinski definition) is 2. The van der Waals surface area contributed by atoms with E-state index in [2.05, 4.69) is 70.3 Å². The highest BCUT2D eigenvalue weighted by atomic mass is 32.1. The van der Waals surface area contributed by atoms with Crippen molar-refractivity contribution in [2.24, 2.45) is 4.99 Å². The number of thiophene rings is 1. The molecule has 132 valence electrons. The number of rotatable bonds is 8. The van der Waals surface area contributed by atoms with E-state index in [0.717, 1.165) is 24.9 Å². The molecule has 0 aliphatic heterocycles. The first-order valence-corrected chi connectivity index (χ1v) is 9.41. The summed E-state index contributed by atoms with van der Waals surface area (Å²) in [6.45, 7) is 10.7. The Hall–Kier alpha value is -1.89. The van der Waals surface area contributed by atoms with E-state index in [-0.39, 0.29) is 5.92 Å². The molecule has 0 fully saturated rings. The Morgan fingerprint density at radius 3 is 2.79 bits per heavy atom. The van der Waals surface area contributed by atoms with Crippen LogP contribution in [0.15, 0.2) is 26.3 Å². The maximum atomic E-state index is 5.25. The van der Waals surface area contributed by atoms with Crippen LogP contribution in [-0.2, 0) is 6.42 Å². The standard InChI is InChI=1S/C17H27N5OS/c1-5-18-17(20-10-13(4)14-7-9-24-11-14)19-8-6-15-21-16(12(2)3)22-23-15/h7,9,11-13H,5-6,8,10H2,1-4H3,(H2,18,19,20). The second kappa shape index (κ2) is 9.42. The van der Waals surface area contributed by atoms with Crippen LogP contribution in [0.4, 0.5) is 0 Å². The van der Waals surface area contributed by atoms with Gasteiger partial charge in [-0.05, 0) is 29.3 Å². The minimum atomic E-state index is 0.285. The smallest absolute Gasteiger partial charge is 0.228 e. The van der Waals surface area contributed by atoms with Gasteiger partial charge in [-0.25, -0.2) is 0 Å². The number of hydrogen-bond acceptors (Lipinski definition) is 5. The molecule has 0 aliphatic rings. The first kappa shape index (κ1) is 18.4. The van der Waals surface area contributed by atoms with Gasteiger partial charge in [0.2, 0.25) is 5.89 Å². The molecule has 2 N–H and O–H groups in total. The summed E-state index contributed by atoms with van der Waals surface area (Å²) in [7, 11) is 0. The maximum Gasteiger partial charge on any atom is 0.228 e. The molecule has 7 heteroatoms. The normalized spacial score (nSPS) is 13.3. The van der Waals surface area contributed by atoms with Crippen molar-refractivity contribution >= 4 is 17.3 Å². The zero-order chi connectivity index (χ0) is 17.4. The number of aromatic nitrogens is 2.